The number of hydrogen-bond acceptors (Lipinski definition) is 5. The molecule has 2 aromatic carbocycles. The van der Waals surface area contributed by atoms with Crippen LogP contribution in [0.3, 0.4) is 0 Å². The molecule has 0 spiro atoms. The first-order chi connectivity index (χ1) is 15.0. The lowest BCUT2D eigenvalue weighted by Crippen LogP contribution is -2.40. The van der Waals surface area contributed by atoms with Crippen molar-refractivity contribution in [1.29, 1.82) is 0 Å². The first-order valence-electron chi connectivity index (χ1n) is 10.4. The molecule has 0 bridgehead atoms. The van der Waals surface area contributed by atoms with E-state index >= 15 is 0 Å². The molecule has 0 unspecified atom stereocenters. The van der Waals surface area contributed by atoms with Crippen molar-refractivity contribution in [3.05, 3.63) is 47.7 Å². The topological polar surface area (TPSA) is 57.9 Å². The fourth-order valence-electron chi connectivity index (χ4n) is 4.06. The molecule has 0 saturated heterocycles. The zero-order valence-electron chi connectivity index (χ0n) is 18.7. The molecule has 0 N–H and O–H groups in total. The summed E-state index contributed by atoms with van der Waals surface area (Å²) in [5, 5.41) is 1.77. The predicted molar refractivity (Wildman–Crippen MR) is 118 cm³/mol. The smallest absolute Gasteiger partial charge is 0.342 e. The van der Waals surface area contributed by atoms with Crippen LogP contribution in [0, 0.1) is 5.92 Å². The Labute approximate surface area is 182 Å². The van der Waals surface area contributed by atoms with Crippen molar-refractivity contribution in [3.63, 3.8) is 0 Å². The molecule has 0 amide bonds. The number of aryl methyl sites for hydroxylation is 2. The third-order valence-electron chi connectivity index (χ3n) is 5.61. The number of benzene rings is 2. The van der Waals surface area contributed by atoms with Crippen LogP contribution in [0.25, 0.3) is 22.0 Å². The predicted octanol–water partition coefficient (Wildman–Crippen LogP) is 4.19. The van der Waals surface area contributed by atoms with E-state index in [-0.39, 0.29) is 11.9 Å². The molecule has 1 aromatic heterocycles. The van der Waals surface area contributed by atoms with E-state index in [1.165, 1.54) is 5.56 Å². The Morgan fingerprint density at radius 1 is 1.00 bits per heavy atom. The summed E-state index contributed by atoms with van der Waals surface area (Å²) >= 11 is 0. The number of methoxy groups -OCH3 is 3. The highest BCUT2D eigenvalue weighted by Gasteiger charge is 2.28. The van der Waals surface area contributed by atoms with Gasteiger partial charge in [0.2, 0.25) is 5.69 Å². The van der Waals surface area contributed by atoms with Gasteiger partial charge < -0.3 is 18.9 Å². The van der Waals surface area contributed by atoms with Gasteiger partial charge in [-0.05, 0) is 35.1 Å². The minimum Gasteiger partial charge on any atom is -0.496 e. The Balaban J connectivity index is 1.88. The number of pyridine rings is 1. The fraction of sp³-hybridized carbons (Fsp3) is 0.360. The van der Waals surface area contributed by atoms with Crippen LogP contribution >= 0.6 is 0 Å². The van der Waals surface area contributed by atoms with Gasteiger partial charge in [0.25, 0.3) is 0 Å². The van der Waals surface area contributed by atoms with Crippen molar-refractivity contribution in [2.24, 2.45) is 5.92 Å². The summed E-state index contributed by atoms with van der Waals surface area (Å²) in [5.41, 5.74) is 3.85. The monoisotopic (exact) mass is 422 g/mol. The van der Waals surface area contributed by atoms with E-state index in [1.807, 2.05) is 44.3 Å². The second-order valence-electron chi connectivity index (χ2n) is 8.10. The highest BCUT2D eigenvalue weighted by atomic mass is 16.5. The summed E-state index contributed by atoms with van der Waals surface area (Å²) in [7, 11) is 4.86. The third kappa shape index (κ3) is 3.78. The highest BCUT2D eigenvalue weighted by Crippen LogP contribution is 2.38. The SMILES string of the molecule is COc1cc2c(cc1OC)-c1cc3ccc(OC)c(C(=O)OCC(C)C)c3c[n+]1CC2. The largest absolute Gasteiger partial charge is 0.496 e. The Morgan fingerprint density at radius 2 is 1.71 bits per heavy atom. The van der Waals surface area contributed by atoms with Crippen LogP contribution in [0.2, 0.25) is 0 Å². The summed E-state index contributed by atoms with van der Waals surface area (Å²) in [6.45, 7) is 5.19. The van der Waals surface area contributed by atoms with Gasteiger partial charge in [-0.25, -0.2) is 4.79 Å². The molecule has 31 heavy (non-hydrogen) atoms. The van der Waals surface area contributed by atoms with E-state index in [1.54, 1.807) is 21.3 Å². The maximum atomic E-state index is 12.9. The molecule has 6 nitrogen and oxygen atoms in total. The number of hydrogen-bond donors (Lipinski definition) is 0. The van der Waals surface area contributed by atoms with Crippen LogP contribution in [-0.4, -0.2) is 33.9 Å². The number of nitrogens with zero attached hydrogens (tertiary/aromatic N) is 1. The Hall–Kier alpha value is -3.28. The molecular formula is C25H28NO5+. The second-order valence-corrected chi connectivity index (χ2v) is 8.10. The molecule has 2 heterocycles. The van der Waals surface area contributed by atoms with E-state index in [0.717, 1.165) is 40.7 Å². The molecule has 0 radical (unpaired) electrons. The van der Waals surface area contributed by atoms with Gasteiger partial charge in [-0.15, -0.1) is 0 Å². The number of carbonyl (C=O) groups is 1. The lowest BCUT2D eigenvalue weighted by Gasteiger charge is -2.19. The molecular weight excluding hydrogens is 394 g/mol. The van der Waals surface area contributed by atoms with Gasteiger partial charge in [0.15, 0.2) is 24.2 Å². The lowest BCUT2D eigenvalue weighted by molar-refractivity contribution is -0.686. The first-order valence-corrected chi connectivity index (χ1v) is 10.4. The van der Waals surface area contributed by atoms with Crippen molar-refractivity contribution in [3.8, 4) is 28.5 Å². The summed E-state index contributed by atoms with van der Waals surface area (Å²) in [6.07, 6.45) is 2.88. The maximum absolute atomic E-state index is 12.9. The van der Waals surface area contributed by atoms with Crippen LogP contribution in [0.5, 0.6) is 17.2 Å². The zero-order valence-corrected chi connectivity index (χ0v) is 18.7. The summed E-state index contributed by atoms with van der Waals surface area (Å²) in [4.78, 5) is 12.9. The normalized spacial score (nSPS) is 12.3. The van der Waals surface area contributed by atoms with E-state index in [4.69, 9.17) is 18.9 Å². The summed E-state index contributed by atoms with van der Waals surface area (Å²) in [5.74, 6) is 1.84. The van der Waals surface area contributed by atoms with E-state index in [9.17, 15) is 4.79 Å². The Kier molecular flexibility index (Phi) is 5.72. The van der Waals surface area contributed by atoms with Crippen molar-refractivity contribution in [2.75, 3.05) is 27.9 Å². The maximum Gasteiger partial charge on any atom is 0.342 e. The fourth-order valence-corrected chi connectivity index (χ4v) is 4.06. The van der Waals surface area contributed by atoms with Gasteiger partial charge in [-0.2, -0.15) is 4.57 Å². The van der Waals surface area contributed by atoms with E-state index in [2.05, 4.69) is 10.6 Å². The molecule has 162 valence electrons. The number of aromatic nitrogens is 1. The number of rotatable bonds is 6. The van der Waals surface area contributed by atoms with Crippen LogP contribution in [0.15, 0.2) is 36.5 Å². The Morgan fingerprint density at radius 3 is 2.39 bits per heavy atom. The van der Waals surface area contributed by atoms with Crippen molar-refractivity contribution in [2.45, 2.75) is 26.8 Å². The molecule has 0 fully saturated rings. The minimum atomic E-state index is -0.362. The Bertz CT molecular complexity index is 1150. The van der Waals surface area contributed by atoms with Gasteiger partial charge in [-0.1, -0.05) is 19.9 Å². The second kappa shape index (κ2) is 8.46. The van der Waals surface area contributed by atoms with Gasteiger partial charge in [0.1, 0.15) is 11.3 Å². The van der Waals surface area contributed by atoms with Gasteiger partial charge in [0.05, 0.1) is 38.9 Å². The minimum absolute atomic E-state index is 0.260. The molecule has 0 atom stereocenters. The summed E-state index contributed by atoms with van der Waals surface area (Å²) < 4.78 is 24.2. The lowest BCUT2D eigenvalue weighted by atomic mass is 9.94. The van der Waals surface area contributed by atoms with Crippen LogP contribution in [0.1, 0.15) is 29.8 Å². The van der Waals surface area contributed by atoms with Gasteiger partial charge >= 0.3 is 5.97 Å². The molecule has 0 saturated carbocycles. The number of ether oxygens (including phenoxy) is 4. The van der Waals surface area contributed by atoms with E-state index < -0.39 is 0 Å². The van der Waals surface area contributed by atoms with Crippen LogP contribution < -0.4 is 18.8 Å². The first kappa shape index (κ1) is 21.0. The number of fused-ring (bicyclic) bond motifs is 4. The molecule has 1 aliphatic rings. The molecule has 6 heteroatoms. The van der Waals surface area contributed by atoms with Crippen molar-refractivity contribution >= 4 is 16.7 Å². The summed E-state index contributed by atoms with van der Waals surface area (Å²) in [6, 6.07) is 9.97. The number of carbonyl (C=O) groups excluding carboxylic acids is 1. The highest BCUT2D eigenvalue weighted by molar-refractivity contribution is 6.07. The third-order valence-corrected chi connectivity index (χ3v) is 5.61. The molecule has 4 rings (SSSR count). The molecule has 0 aliphatic carbocycles. The number of esters is 1. The van der Waals surface area contributed by atoms with Crippen LogP contribution in [0.4, 0.5) is 0 Å². The van der Waals surface area contributed by atoms with Crippen molar-refractivity contribution < 1.29 is 28.3 Å². The average Bonchev–Trinajstić information content (AvgIpc) is 2.79. The van der Waals surface area contributed by atoms with Gasteiger partial charge in [0, 0.05) is 12.5 Å². The molecule has 1 aliphatic heterocycles. The van der Waals surface area contributed by atoms with Crippen molar-refractivity contribution in [1.82, 2.24) is 0 Å². The standard InChI is InChI=1S/C25H28NO5/c1-15(2)14-31-25(27)24-19-13-26-9-8-17-11-22(29-4)23(30-5)12-18(17)20(26)10-16(19)6-7-21(24)28-3/h6-7,10-13,15H,8-9,14H2,1-5H3/q+1. The quantitative estimate of drug-likeness (QED) is 0.440. The zero-order chi connectivity index (χ0) is 22.1. The average molecular weight is 423 g/mol. The molecule has 3 aromatic rings. The van der Waals surface area contributed by atoms with Gasteiger partial charge in [-0.3, -0.25) is 0 Å². The van der Waals surface area contributed by atoms with E-state index in [0.29, 0.717) is 23.7 Å². The van der Waals surface area contributed by atoms with Crippen LogP contribution in [-0.2, 0) is 17.7 Å².